The van der Waals surface area contributed by atoms with Crippen molar-refractivity contribution in [2.24, 2.45) is 0 Å². The molecular formula is C17H13F3N8O3. The van der Waals surface area contributed by atoms with Crippen LogP contribution in [0.5, 0.6) is 0 Å². The summed E-state index contributed by atoms with van der Waals surface area (Å²) < 4.78 is 48.2. The van der Waals surface area contributed by atoms with E-state index in [1.807, 2.05) is 0 Å². The molecule has 0 atom stereocenters. The Balaban J connectivity index is 1.44. The summed E-state index contributed by atoms with van der Waals surface area (Å²) in [7, 11) is 0. The monoisotopic (exact) mass is 434 g/mol. The van der Waals surface area contributed by atoms with Crippen molar-refractivity contribution in [2.45, 2.75) is 37.9 Å². The molecule has 0 radical (unpaired) electrons. The molecule has 0 aliphatic heterocycles. The number of nitrogens with zero attached hydrogens (tertiary/aromatic N) is 8. The minimum absolute atomic E-state index is 0.00484. The fourth-order valence-corrected chi connectivity index (χ4v) is 3.17. The summed E-state index contributed by atoms with van der Waals surface area (Å²) >= 11 is 0. The predicted molar refractivity (Wildman–Crippen MR) is 95.8 cm³/mol. The number of aryl methyl sites for hydroxylation is 2. The smallest absolute Gasteiger partial charge is 0.420 e. The third kappa shape index (κ3) is 3.60. The van der Waals surface area contributed by atoms with E-state index in [9.17, 15) is 23.3 Å². The van der Waals surface area contributed by atoms with Gasteiger partial charge in [0.2, 0.25) is 5.89 Å². The van der Waals surface area contributed by atoms with Crippen molar-refractivity contribution in [3.05, 3.63) is 52.0 Å². The predicted octanol–water partition coefficient (Wildman–Crippen LogP) is 3.02. The van der Waals surface area contributed by atoms with E-state index in [-0.39, 0.29) is 47.6 Å². The highest BCUT2D eigenvalue weighted by Gasteiger charge is 2.38. The van der Waals surface area contributed by atoms with E-state index in [4.69, 9.17) is 4.42 Å². The van der Waals surface area contributed by atoms with Gasteiger partial charge in [-0.05, 0) is 18.9 Å². The highest BCUT2D eigenvalue weighted by atomic mass is 19.4. The molecule has 5 rings (SSSR count). The lowest BCUT2D eigenvalue weighted by atomic mass is 10.2. The van der Waals surface area contributed by atoms with Crippen LogP contribution in [0.3, 0.4) is 0 Å². The van der Waals surface area contributed by atoms with Crippen LogP contribution >= 0.6 is 0 Å². The third-order valence-electron chi connectivity index (χ3n) is 4.86. The van der Waals surface area contributed by atoms with Gasteiger partial charge in [-0.1, -0.05) is 0 Å². The van der Waals surface area contributed by atoms with Crippen LogP contribution in [0, 0.1) is 10.1 Å². The summed E-state index contributed by atoms with van der Waals surface area (Å²) in [5, 5.41) is 26.2. The summed E-state index contributed by atoms with van der Waals surface area (Å²) in [6.45, 7) is 0.243. The SMILES string of the molecule is O=[N+]([O-])c1cnn(CCc2nnc(-c3cnn4c(C(F)(F)F)cc(C5CC5)nc34)o2)c1. The lowest BCUT2D eigenvalue weighted by Gasteiger charge is -2.10. The molecule has 14 heteroatoms. The minimum atomic E-state index is -4.60. The minimum Gasteiger partial charge on any atom is -0.420 e. The van der Waals surface area contributed by atoms with Gasteiger partial charge >= 0.3 is 11.9 Å². The van der Waals surface area contributed by atoms with Gasteiger partial charge in [0.15, 0.2) is 5.65 Å². The zero-order chi connectivity index (χ0) is 21.8. The summed E-state index contributed by atoms with van der Waals surface area (Å²) in [6, 6.07) is 1.03. The zero-order valence-corrected chi connectivity index (χ0v) is 15.7. The summed E-state index contributed by atoms with van der Waals surface area (Å²) in [6.07, 6.45) is 0.813. The van der Waals surface area contributed by atoms with E-state index in [1.165, 1.54) is 17.1 Å². The quantitative estimate of drug-likeness (QED) is 0.334. The van der Waals surface area contributed by atoms with Gasteiger partial charge in [0.25, 0.3) is 5.89 Å². The molecule has 4 aromatic rings. The molecule has 1 aliphatic rings. The Bertz CT molecular complexity index is 1290. The molecule has 0 N–H and O–H groups in total. The largest absolute Gasteiger partial charge is 0.433 e. The van der Waals surface area contributed by atoms with Crippen molar-refractivity contribution in [2.75, 3.05) is 0 Å². The zero-order valence-electron chi connectivity index (χ0n) is 15.7. The van der Waals surface area contributed by atoms with Gasteiger partial charge < -0.3 is 4.42 Å². The Morgan fingerprint density at radius 1 is 1.23 bits per heavy atom. The van der Waals surface area contributed by atoms with Crippen LogP contribution in [0.15, 0.2) is 29.1 Å². The Morgan fingerprint density at radius 3 is 2.71 bits per heavy atom. The molecule has 4 aromatic heterocycles. The van der Waals surface area contributed by atoms with Crippen LogP contribution in [0.4, 0.5) is 18.9 Å². The number of nitro groups is 1. The average molecular weight is 434 g/mol. The van der Waals surface area contributed by atoms with E-state index >= 15 is 0 Å². The molecule has 0 spiro atoms. The lowest BCUT2D eigenvalue weighted by molar-refractivity contribution is -0.385. The number of aromatic nitrogens is 7. The van der Waals surface area contributed by atoms with Crippen molar-refractivity contribution < 1.29 is 22.5 Å². The van der Waals surface area contributed by atoms with Crippen molar-refractivity contribution >= 4 is 11.3 Å². The number of alkyl halides is 3. The highest BCUT2D eigenvalue weighted by Crippen LogP contribution is 2.42. The fraction of sp³-hybridized carbons (Fsp3) is 0.353. The Hall–Kier alpha value is -3.84. The van der Waals surface area contributed by atoms with Gasteiger partial charge in [-0.3, -0.25) is 14.8 Å². The molecule has 0 saturated heterocycles. The molecule has 1 saturated carbocycles. The summed E-state index contributed by atoms with van der Waals surface area (Å²) in [5.41, 5.74) is -0.501. The first-order valence-electron chi connectivity index (χ1n) is 9.25. The van der Waals surface area contributed by atoms with Crippen LogP contribution in [-0.4, -0.2) is 39.5 Å². The maximum absolute atomic E-state index is 13.5. The van der Waals surface area contributed by atoms with E-state index in [1.54, 1.807) is 0 Å². The first-order valence-corrected chi connectivity index (χ1v) is 9.25. The van der Waals surface area contributed by atoms with Crippen LogP contribution < -0.4 is 0 Å². The van der Waals surface area contributed by atoms with E-state index in [0.29, 0.717) is 5.69 Å². The topological polar surface area (TPSA) is 130 Å². The number of hydrogen-bond donors (Lipinski definition) is 0. The van der Waals surface area contributed by atoms with E-state index in [0.717, 1.165) is 29.6 Å². The van der Waals surface area contributed by atoms with Gasteiger partial charge in [0, 0.05) is 24.6 Å². The van der Waals surface area contributed by atoms with E-state index < -0.39 is 16.8 Å². The highest BCUT2D eigenvalue weighted by molar-refractivity contribution is 5.71. The molecule has 1 aliphatic carbocycles. The lowest BCUT2D eigenvalue weighted by Crippen LogP contribution is -2.14. The second-order valence-electron chi connectivity index (χ2n) is 7.10. The molecule has 0 amide bonds. The Kier molecular flexibility index (Phi) is 4.23. The maximum atomic E-state index is 13.5. The molecule has 1 fully saturated rings. The maximum Gasteiger partial charge on any atom is 0.433 e. The first-order chi connectivity index (χ1) is 14.8. The number of rotatable bonds is 6. The third-order valence-corrected chi connectivity index (χ3v) is 4.86. The van der Waals surface area contributed by atoms with Crippen LogP contribution in [0.1, 0.15) is 36.0 Å². The molecule has 0 aromatic carbocycles. The van der Waals surface area contributed by atoms with Gasteiger partial charge in [-0.25, -0.2) is 9.50 Å². The molecule has 31 heavy (non-hydrogen) atoms. The van der Waals surface area contributed by atoms with Crippen molar-refractivity contribution in [1.82, 2.24) is 34.6 Å². The Labute approximate surface area is 170 Å². The van der Waals surface area contributed by atoms with Crippen molar-refractivity contribution in [3.63, 3.8) is 0 Å². The summed E-state index contributed by atoms with van der Waals surface area (Å²) in [5.74, 6) is 0.192. The molecule has 4 heterocycles. The summed E-state index contributed by atoms with van der Waals surface area (Å²) in [4.78, 5) is 14.5. The van der Waals surface area contributed by atoms with Gasteiger partial charge in [-0.15, -0.1) is 10.2 Å². The number of fused-ring (bicyclic) bond motifs is 1. The second-order valence-corrected chi connectivity index (χ2v) is 7.10. The van der Waals surface area contributed by atoms with Gasteiger partial charge in [-0.2, -0.15) is 23.4 Å². The molecule has 0 bridgehead atoms. The van der Waals surface area contributed by atoms with Crippen LogP contribution in [0.25, 0.3) is 17.1 Å². The van der Waals surface area contributed by atoms with Crippen LogP contribution in [-0.2, 0) is 19.1 Å². The van der Waals surface area contributed by atoms with Crippen molar-refractivity contribution in [3.8, 4) is 11.5 Å². The molecule has 160 valence electrons. The normalized spacial score (nSPS) is 14.4. The first kappa shape index (κ1) is 19.1. The molecule has 0 unspecified atom stereocenters. The van der Waals surface area contributed by atoms with Gasteiger partial charge in [0.05, 0.1) is 11.1 Å². The standard InChI is InChI=1S/C17H13F3N8O3/c18-17(19,20)13-5-12(9-1-2-9)23-15-11(7-22-27(13)15)16-25-24-14(31-16)3-4-26-8-10(6-21-26)28(29)30/h5-9H,1-4H2. The van der Waals surface area contributed by atoms with E-state index in [2.05, 4.69) is 25.4 Å². The Morgan fingerprint density at radius 2 is 2.03 bits per heavy atom. The molecule has 11 nitrogen and oxygen atoms in total. The average Bonchev–Trinajstić information content (AvgIpc) is 3.12. The van der Waals surface area contributed by atoms with Gasteiger partial charge in [0.1, 0.15) is 23.7 Å². The molecular weight excluding hydrogens is 421 g/mol. The fourth-order valence-electron chi connectivity index (χ4n) is 3.17. The number of halogens is 3. The van der Waals surface area contributed by atoms with Crippen molar-refractivity contribution in [1.29, 1.82) is 0 Å². The number of hydrogen-bond acceptors (Lipinski definition) is 8. The van der Waals surface area contributed by atoms with Crippen LogP contribution in [0.2, 0.25) is 0 Å². The second kappa shape index (κ2) is 6.85.